The Morgan fingerprint density at radius 2 is 1.56 bits per heavy atom. The first-order valence-electron chi connectivity index (χ1n) is 11.1. The number of thiophene rings is 1. The Bertz CT molecular complexity index is 1080. The number of nitrogens with one attached hydrogen (secondary N) is 2. The molecule has 1 aliphatic heterocycles. The first-order chi connectivity index (χ1) is 16.5. The largest absolute Gasteiger partial charge is 0.339 e. The van der Waals surface area contributed by atoms with Crippen molar-refractivity contribution < 1.29 is 18.4 Å². The van der Waals surface area contributed by atoms with Gasteiger partial charge in [-0.2, -0.15) is 0 Å². The number of carbonyl (C=O) groups excluding carboxylic acids is 2. The molecule has 0 aliphatic carbocycles. The van der Waals surface area contributed by atoms with Gasteiger partial charge in [-0.1, -0.05) is 18.2 Å². The molecule has 1 aliphatic rings. The summed E-state index contributed by atoms with van der Waals surface area (Å²) in [7, 11) is 0. The number of nitrogens with zero attached hydrogens (tertiary/aromatic N) is 2. The van der Waals surface area contributed by atoms with E-state index in [-0.39, 0.29) is 42.6 Å². The lowest BCUT2D eigenvalue weighted by Gasteiger charge is -2.34. The fourth-order valence-electron chi connectivity index (χ4n) is 3.89. The van der Waals surface area contributed by atoms with E-state index in [9.17, 15) is 18.4 Å². The molecule has 0 saturated carbocycles. The monoisotopic (exact) mass is 484 g/mol. The SMILES string of the molecule is O=C(CN1CCN(C(=O)CN[C@H](c2ccc(F)cc2)c2cccs2)CC1)Nc1ccc(F)cc1. The van der Waals surface area contributed by atoms with E-state index in [2.05, 4.69) is 10.6 Å². The van der Waals surface area contributed by atoms with Gasteiger partial charge in [0.2, 0.25) is 11.8 Å². The van der Waals surface area contributed by atoms with Crippen LogP contribution in [-0.2, 0) is 9.59 Å². The zero-order valence-corrected chi connectivity index (χ0v) is 19.4. The van der Waals surface area contributed by atoms with E-state index < -0.39 is 0 Å². The van der Waals surface area contributed by atoms with Crippen LogP contribution in [0.3, 0.4) is 0 Å². The van der Waals surface area contributed by atoms with Crippen molar-refractivity contribution in [2.24, 2.45) is 0 Å². The molecule has 1 saturated heterocycles. The van der Waals surface area contributed by atoms with Gasteiger partial charge in [0.25, 0.3) is 0 Å². The Kier molecular flexibility index (Phi) is 7.99. The van der Waals surface area contributed by atoms with Crippen LogP contribution < -0.4 is 10.6 Å². The maximum Gasteiger partial charge on any atom is 0.238 e. The second kappa shape index (κ2) is 11.3. The molecule has 1 aromatic heterocycles. The molecule has 3 aromatic rings. The highest BCUT2D eigenvalue weighted by Crippen LogP contribution is 2.26. The number of benzene rings is 2. The van der Waals surface area contributed by atoms with Crippen molar-refractivity contribution >= 4 is 28.8 Å². The molecule has 2 heterocycles. The molecule has 1 atom stereocenters. The highest BCUT2D eigenvalue weighted by molar-refractivity contribution is 7.10. The zero-order chi connectivity index (χ0) is 23.9. The third-order valence-corrected chi connectivity index (χ3v) is 6.65. The van der Waals surface area contributed by atoms with Crippen LogP contribution in [-0.4, -0.2) is 60.9 Å². The van der Waals surface area contributed by atoms with E-state index in [0.29, 0.717) is 31.9 Å². The molecule has 4 rings (SSSR count). The van der Waals surface area contributed by atoms with Gasteiger partial charge in [-0.25, -0.2) is 8.78 Å². The number of anilines is 1. The summed E-state index contributed by atoms with van der Waals surface area (Å²) in [5.41, 5.74) is 1.45. The lowest BCUT2D eigenvalue weighted by atomic mass is 10.1. The molecule has 6 nitrogen and oxygen atoms in total. The minimum atomic E-state index is -0.354. The van der Waals surface area contributed by atoms with E-state index in [0.717, 1.165) is 10.4 Å². The standard InChI is InChI=1S/C25H26F2N4O2S/c26-19-5-3-18(4-6-19)25(22-2-1-15-34-22)28-16-24(33)31-13-11-30(12-14-31)17-23(32)29-21-9-7-20(27)8-10-21/h1-10,15,25,28H,11-14,16-17H2,(H,29,32)/t25-/m1/s1. The van der Waals surface area contributed by atoms with E-state index in [1.807, 2.05) is 22.4 Å². The van der Waals surface area contributed by atoms with Crippen molar-refractivity contribution in [2.45, 2.75) is 6.04 Å². The molecule has 2 aromatic carbocycles. The van der Waals surface area contributed by atoms with Gasteiger partial charge in [-0.3, -0.25) is 19.8 Å². The van der Waals surface area contributed by atoms with Gasteiger partial charge >= 0.3 is 0 Å². The summed E-state index contributed by atoms with van der Waals surface area (Å²) < 4.78 is 26.4. The number of hydrogen-bond donors (Lipinski definition) is 2. The molecule has 0 bridgehead atoms. The number of halogens is 2. The number of amides is 2. The normalized spacial score (nSPS) is 15.2. The Morgan fingerprint density at radius 1 is 0.912 bits per heavy atom. The summed E-state index contributed by atoms with van der Waals surface area (Å²) >= 11 is 1.58. The average Bonchev–Trinajstić information content (AvgIpc) is 3.37. The molecule has 0 spiro atoms. The van der Waals surface area contributed by atoms with Gasteiger partial charge in [0.15, 0.2) is 0 Å². The maximum absolute atomic E-state index is 13.4. The molecule has 34 heavy (non-hydrogen) atoms. The summed E-state index contributed by atoms with van der Waals surface area (Å²) in [6.45, 7) is 2.62. The first-order valence-corrected chi connectivity index (χ1v) is 11.9. The Morgan fingerprint density at radius 3 is 2.18 bits per heavy atom. The molecule has 1 fully saturated rings. The Labute approximate surface area is 201 Å². The summed E-state index contributed by atoms with van der Waals surface area (Å²) in [6, 6.07) is 15.7. The fourth-order valence-corrected chi connectivity index (χ4v) is 4.71. The van der Waals surface area contributed by atoms with Gasteiger partial charge in [-0.05, 0) is 53.4 Å². The smallest absolute Gasteiger partial charge is 0.238 e. The zero-order valence-electron chi connectivity index (χ0n) is 18.5. The quantitative estimate of drug-likeness (QED) is 0.514. The van der Waals surface area contributed by atoms with Crippen molar-refractivity contribution in [1.29, 1.82) is 0 Å². The molecule has 178 valence electrons. The number of carbonyl (C=O) groups is 2. The predicted molar refractivity (Wildman–Crippen MR) is 129 cm³/mol. The molecule has 0 unspecified atom stereocenters. The van der Waals surface area contributed by atoms with E-state index >= 15 is 0 Å². The van der Waals surface area contributed by atoms with Gasteiger partial charge < -0.3 is 10.2 Å². The van der Waals surface area contributed by atoms with E-state index in [1.54, 1.807) is 28.4 Å². The summed E-state index contributed by atoms with van der Waals surface area (Å²) in [6.07, 6.45) is 0. The average molecular weight is 485 g/mol. The highest BCUT2D eigenvalue weighted by Gasteiger charge is 2.24. The van der Waals surface area contributed by atoms with Gasteiger partial charge in [0.05, 0.1) is 19.1 Å². The van der Waals surface area contributed by atoms with Gasteiger partial charge in [-0.15, -0.1) is 11.3 Å². The maximum atomic E-state index is 13.4. The second-order valence-corrected chi connectivity index (χ2v) is 9.07. The topological polar surface area (TPSA) is 64.7 Å². The van der Waals surface area contributed by atoms with E-state index in [4.69, 9.17) is 0 Å². The Hall–Kier alpha value is -3.14. The van der Waals surface area contributed by atoms with Crippen LogP contribution in [0.4, 0.5) is 14.5 Å². The van der Waals surface area contributed by atoms with E-state index in [1.165, 1.54) is 36.4 Å². The van der Waals surface area contributed by atoms with Crippen molar-refractivity contribution in [3.05, 3.63) is 88.1 Å². The van der Waals surface area contributed by atoms with Crippen LogP contribution in [0.25, 0.3) is 0 Å². The van der Waals surface area contributed by atoms with Gasteiger partial charge in [0.1, 0.15) is 11.6 Å². The van der Waals surface area contributed by atoms with Crippen LogP contribution in [0.5, 0.6) is 0 Å². The lowest BCUT2D eigenvalue weighted by molar-refractivity contribution is -0.132. The van der Waals surface area contributed by atoms with Crippen LogP contribution in [0, 0.1) is 11.6 Å². The minimum Gasteiger partial charge on any atom is -0.339 e. The molecule has 2 N–H and O–H groups in total. The van der Waals surface area contributed by atoms with Crippen molar-refractivity contribution in [3.8, 4) is 0 Å². The van der Waals surface area contributed by atoms with Crippen molar-refractivity contribution in [1.82, 2.24) is 15.1 Å². The summed E-state index contributed by atoms with van der Waals surface area (Å²) in [5.74, 6) is -0.841. The minimum absolute atomic E-state index is 0.0147. The van der Waals surface area contributed by atoms with Gasteiger partial charge in [0, 0.05) is 36.7 Å². The van der Waals surface area contributed by atoms with Crippen LogP contribution in [0.15, 0.2) is 66.0 Å². The second-order valence-electron chi connectivity index (χ2n) is 8.09. The third kappa shape index (κ3) is 6.47. The highest BCUT2D eigenvalue weighted by atomic mass is 32.1. The van der Waals surface area contributed by atoms with Crippen molar-refractivity contribution in [2.75, 3.05) is 44.6 Å². The predicted octanol–water partition coefficient (Wildman–Crippen LogP) is 3.49. The summed E-state index contributed by atoms with van der Waals surface area (Å²) in [4.78, 5) is 29.9. The summed E-state index contributed by atoms with van der Waals surface area (Å²) in [5, 5.41) is 8.05. The first kappa shape index (κ1) is 24.0. The van der Waals surface area contributed by atoms with Crippen LogP contribution >= 0.6 is 11.3 Å². The molecule has 2 amide bonds. The fraction of sp³-hybridized carbons (Fsp3) is 0.280. The molecular formula is C25H26F2N4O2S. The molecule has 9 heteroatoms. The van der Waals surface area contributed by atoms with Crippen molar-refractivity contribution in [3.63, 3.8) is 0 Å². The van der Waals surface area contributed by atoms with Crippen LogP contribution in [0.1, 0.15) is 16.5 Å². The van der Waals surface area contributed by atoms with Crippen LogP contribution in [0.2, 0.25) is 0 Å². The lowest BCUT2D eigenvalue weighted by Crippen LogP contribution is -2.52. The Balaban J connectivity index is 1.25. The number of rotatable bonds is 8. The molecule has 0 radical (unpaired) electrons. The third-order valence-electron chi connectivity index (χ3n) is 5.71. The number of piperazine rings is 1. The molecular weight excluding hydrogens is 458 g/mol. The number of hydrogen-bond acceptors (Lipinski definition) is 5.